The highest BCUT2D eigenvalue weighted by Gasteiger charge is 2.21. The van der Waals surface area contributed by atoms with E-state index in [1.807, 2.05) is 25.1 Å². The largest absolute Gasteiger partial charge is 0.490 e. The van der Waals surface area contributed by atoms with Gasteiger partial charge in [-0.1, -0.05) is 11.6 Å². The third-order valence-electron chi connectivity index (χ3n) is 7.16. The minimum Gasteiger partial charge on any atom is -0.490 e. The molecule has 0 aliphatic carbocycles. The second-order valence-corrected chi connectivity index (χ2v) is 10.9. The Labute approximate surface area is 255 Å². The molecule has 0 spiro atoms. The molecule has 0 fully saturated rings. The van der Waals surface area contributed by atoms with Crippen molar-refractivity contribution in [1.82, 2.24) is 25.1 Å². The van der Waals surface area contributed by atoms with E-state index in [1.165, 1.54) is 25.4 Å². The number of amides is 1. The van der Waals surface area contributed by atoms with Crippen LogP contribution in [0, 0.1) is 5.82 Å². The lowest BCUT2D eigenvalue weighted by Gasteiger charge is -2.25. The van der Waals surface area contributed by atoms with Gasteiger partial charge in [0, 0.05) is 50.2 Å². The molecule has 1 atom stereocenters. The van der Waals surface area contributed by atoms with Crippen LogP contribution in [-0.4, -0.2) is 91.2 Å². The Bertz CT molecular complexity index is 1440. The molecule has 1 aliphatic rings. The number of fused-ring (bicyclic) bond motifs is 2. The minimum absolute atomic E-state index is 0.0378. The zero-order valence-corrected chi connectivity index (χ0v) is 25.7. The molecule has 232 valence electrons. The van der Waals surface area contributed by atoms with Gasteiger partial charge in [-0.2, -0.15) is 0 Å². The Morgan fingerprint density at radius 2 is 2.05 bits per heavy atom. The quantitative estimate of drug-likeness (QED) is 0.282. The van der Waals surface area contributed by atoms with E-state index in [2.05, 4.69) is 25.5 Å². The number of ether oxygens (including phenoxy) is 3. The number of nitrogens with zero attached hydrogens (tertiary/aromatic N) is 4. The van der Waals surface area contributed by atoms with Crippen molar-refractivity contribution in [2.24, 2.45) is 0 Å². The molecule has 1 amide bonds. The number of aromatic nitrogens is 2. The lowest BCUT2D eigenvalue weighted by Crippen LogP contribution is -2.43. The molecular formula is C30H38ClFN6O5. The van der Waals surface area contributed by atoms with Gasteiger partial charge in [-0.25, -0.2) is 14.4 Å². The lowest BCUT2D eigenvalue weighted by atomic mass is 10.1. The van der Waals surface area contributed by atoms with Crippen LogP contribution in [0.1, 0.15) is 32.3 Å². The molecule has 0 unspecified atom stereocenters. The fourth-order valence-corrected chi connectivity index (χ4v) is 4.71. The average molecular weight is 617 g/mol. The fraction of sp³-hybridized carbons (Fsp3) is 0.467. The Balaban J connectivity index is 1.60. The topological polar surface area (TPSA) is 118 Å². The molecule has 2 bridgehead atoms. The predicted molar refractivity (Wildman–Crippen MR) is 163 cm³/mol. The summed E-state index contributed by atoms with van der Waals surface area (Å²) in [5.41, 5.74) is 1.79. The van der Waals surface area contributed by atoms with Gasteiger partial charge in [0.25, 0.3) is 0 Å². The van der Waals surface area contributed by atoms with Gasteiger partial charge in [0.15, 0.2) is 11.5 Å². The number of carbonyl (C=O) groups is 2. The van der Waals surface area contributed by atoms with Crippen LogP contribution in [0.3, 0.4) is 0 Å². The van der Waals surface area contributed by atoms with Crippen molar-refractivity contribution in [3.05, 3.63) is 47.0 Å². The molecule has 1 aromatic heterocycles. The maximum absolute atomic E-state index is 14.6. The standard InChI is InChI=1S/C30H38ClFN6O5/c1-19-30(40)33-7-5-10-42-27-14-22-26(16-28(27)43-11-6-8-37(3)9-12-41-20(2)39)34-18-35-29(22)36-25-15-23(31)24(32)13-21(25)17-38(19)4/h13-16,18-19H,5-12,17H2,1-4H3,(H,33,40)(H,34,35,36)/t19-/m0/s1. The molecule has 43 heavy (non-hydrogen) atoms. The number of likely N-dealkylation sites (N-methyl/N-ethyl adjacent to an activating group) is 2. The van der Waals surface area contributed by atoms with Gasteiger partial charge in [-0.15, -0.1) is 0 Å². The SMILES string of the molecule is CC(=O)OCCN(C)CCCOc1cc2ncnc3c2cc1OCCCNC(=O)[C@H](C)N(C)Cc1cc(F)c(Cl)cc1N3. The second kappa shape index (κ2) is 15.1. The molecule has 2 heterocycles. The third kappa shape index (κ3) is 8.88. The van der Waals surface area contributed by atoms with Gasteiger partial charge in [0.1, 0.15) is 24.6 Å². The van der Waals surface area contributed by atoms with Crippen molar-refractivity contribution >= 4 is 45.9 Å². The highest BCUT2D eigenvalue weighted by molar-refractivity contribution is 6.31. The average Bonchev–Trinajstić information content (AvgIpc) is 2.96. The van der Waals surface area contributed by atoms with Gasteiger partial charge >= 0.3 is 5.97 Å². The first-order chi connectivity index (χ1) is 20.6. The van der Waals surface area contributed by atoms with Crippen LogP contribution in [0.4, 0.5) is 15.9 Å². The third-order valence-corrected chi connectivity index (χ3v) is 7.45. The summed E-state index contributed by atoms with van der Waals surface area (Å²) in [7, 11) is 3.76. The van der Waals surface area contributed by atoms with E-state index in [4.69, 9.17) is 25.8 Å². The van der Waals surface area contributed by atoms with E-state index in [0.717, 1.165) is 13.0 Å². The molecule has 11 nitrogen and oxygen atoms in total. The summed E-state index contributed by atoms with van der Waals surface area (Å²) in [6.45, 7) is 6.40. The Morgan fingerprint density at radius 1 is 1.23 bits per heavy atom. The van der Waals surface area contributed by atoms with Gasteiger partial charge < -0.3 is 29.7 Å². The number of hydrogen-bond acceptors (Lipinski definition) is 10. The minimum atomic E-state index is -0.553. The van der Waals surface area contributed by atoms with Crippen LogP contribution in [-0.2, 0) is 20.9 Å². The number of halogens is 2. The summed E-state index contributed by atoms with van der Waals surface area (Å²) in [4.78, 5) is 36.6. The van der Waals surface area contributed by atoms with E-state index in [-0.39, 0.29) is 16.9 Å². The van der Waals surface area contributed by atoms with Crippen LogP contribution in [0.2, 0.25) is 5.02 Å². The van der Waals surface area contributed by atoms with Crippen molar-refractivity contribution in [2.45, 2.75) is 39.3 Å². The number of benzene rings is 2. The predicted octanol–water partition coefficient (Wildman–Crippen LogP) is 4.15. The van der Waals surface area contributed by atoms with Gasteiger partial charge in [0.05, 0.1) is 29.8 Å². The molecule has 2 N–H and O–H groups in total. The molecule has 0 radical (unpaired) electrons. The molecule has 4 rings (SSSR count). The number of anilines is 2. The first kappa shape index (κ1) is 32.2. The van der Waals surface area contributed by atoms with Crippen molar-refractivity contribution in [3.63, 3.8) is 0 Å². The van der Waals surface area contributed by atoms with Crippen molar-refractivity contribution in [3.8, 4) is 11.5 Å². The summed E-state index contributed by atoms with van der Waals surface area (Å²) in [5, 5.41) is 6.89. The summed E-state index contributed by atoms with van der Waals surface area (Å²) in [6.07, 6.45) is 2.75. The van der Waals surface area contributed by atoms with Crippen LogP contribution in [0.15, 0.2) is 30.6 Å². The smallest absolute Gasteiger partial charge is 0.302 e. The summed E-state index contributed by atoms with van der Waals surface area (Å²) in [6, 6.07) is 6.05. The molecule has 2 aromatic carbocycles. The van der Waals surface area contributed by atoms with Crippen molar-refractivity contribution < 1.29 is 28.2 Å². The van der Waals surface area contributed by atoms with Crippen LogP contribution in [0.25, 0.3) is 10.9 Å². The lowest BCUT2D eigenvalue weighted by molar-refractivity contribution is -0.141. The first-order valence-corrected chi connectivity index (χ1v) is 14.6. The van der Waals surface area contributed by atoms with Gasteiger partial charge in [0.2, 0.25) is 5.91 Å². The molecular weight excluding hydrogens is 579 g/mol. The van der Waals surface area contributed by atoms with E-state index in [1.54, 1.807) is 13.0 Å². The molecule has 0 saturated carbocycles. The maximum atomic E-state index is 14.6. The number of rotatable bonds is 8. The Morgan fingerprint density at radius 3 is 2.84 bits per heavy atom. The highest BCUT2D eigenvalue weighted by Crippen LogP contribution is 2.36. The molecule has 0 saturated heterocycles. The monoisotopic (exact) mass is 616 g/mol. The molecule has 1 aliphatic heterocycles. The second-order valence-electron chi connectivity index (χ2n) is 10.5. The maximum Gasteiger partial charge on any atom is 0.302 e. The van der Waals surface area contributed by atoms with Crippen LogP contribution < -0.4 is 20.1 Å². The molecule has 3 aromatic rings. The normalized spacial score (nSPS) is 16.3. The zero-order valence-electron chi connectivity index (χ0n) is 24.9. The first-order valence-electron chi connectivity index (χ1n) is 14.2. The fourth-order valence-electron chi connectivity index (χ4n) is 4.54. The number of nitrogens with one attached hydrogen (secondary N) is 2. The number of carbonyl (C=O) groups excluding carboxylic acids is 2. The van der Waals surface area contributed by atoms with Crippen LogP contribution >= 0.6 is 11.6 Å². The summed E-state index contributed by atoms with van der Waals surface area (Å²) >= 11 is 6.17. The van der Waals surface area contributed by atoms with Gasteiger partial charge in [-0.05, 0) is 57.6 Å². The highest BCUT2D eigenvalue weighted by atomic mass is 35.5. The van der Waals surface area contributed by atoms with Crippen LogP contribution in [0.5, 0.6) is 11.5 Å². The zero-order chi connectivity index (χ0) is 30.9. The summed E-state index contributed by atoms with van der Waals surface area (Å²) < 4.78 is 31.8. The number of hydrogen-bond donors (Lipinski definition) is 2. The van der Waals surface area contributed by atoms with Gasteiger partial charge in [-0.3, -0.25) is 14.5 Å². The molecule has 13 heteroatoms. The van der Waals surface area contributed by atoms with E-state index in [9.17, 15) is 14.0 Å². The Kier molecular flexibility index (Phi) is 11.3. The number of esters is 1. The summed E-state index contributed by atoms with van der Waals surface area (Å²) in [5.74, 6) is 0.545. The van der Waals surface area contributed by atoms with E-state index >= 15 is 0 Å². The Hall–Kier alpha value is -3.74. The van der Waals surface area contributed by atoms with Crippen molar-refractivity contribution in [1.29, 1.82) is 0 Å². The van der Waals surface area contributed by atoms with E-state index < -0.39 is 11.9 Å². The van der Waals surface area contributed by atoms with E-state index in [0.29, 0.717) is 85.3 Å². The van der Waals surface area contributed by atoms with Crippen molar-refractivity contribution in [2.75, 3.05) is 58.9 Å².